The first-order chi connectivity index (χ1) is 21.8. The van der Waals surface area contributed by atoms with Crippen molar-refractivity contribution >= 4 is 75.4 Å². The molecule has 0 saturated heterocycles. The Morgan fingerprint density at radius 3 is 1.91 bits per heavy atom. The number of benzene rings is 3. The lowest BCUT2D eigenvalue weighted by molar-refractivity contribution is 0.0697. The molecule has 0 saturated carbocycles. The third-order valence-electron chi connectivity index (χ3n) is 6.13. The Hall–Kier alpha value is -5.24. The van der Waals surface area contributed by atoms with Crippen molar-refractivity contribution in [3.8, 4) is 23.0 Å². The van der Waals surface area contributed by atoms with Crippen LogP contribution in [0.15, 0.2) is 73.1 Å². The molecular weight excluding hydrogens is 649 g/mol. The molecule has 4 N–H and O–H groups in total. The van der Waals surface area contributed by atoms with E-state index in [-0.39, 0.29) is 24.4 Å². The number of hydrogen-bond donors (Lipinski definition) is 4. The number of carbonyl (C=O) groups is 1. The third kappa shape index (κ3) is 6.96. The number of nitrogens with one attached hydrogen (secondary N) is 3. The minimum atomic E-state index is -1.01. The quantitative estimate of drug-likeness (QED) is 0.128. The summed E-state index contributed by atoms with van der Waals surface area (Å²) in [6.45, 7) is 0.301. The molecular formula is C29H20Cl3N7O6. The van der Waals surface area contributed by atoms with Crippen molar-refractivity contribution in [1.29, 1.82) is 0 Å². The maximum atomic E-state index is 11.1. The van der Waals surface area contributed by atoms with Gasteiger partial charge in [-0.15, -0.1) is 0 Å². The van der Waals surface area contributed by atoms with Crippen LogP contribution < -0.4 is 34.9 Å². The SMILES string of the molecule is Clc1nccc(Nc2c(Cl)ccc3c2OCO3)n1.O=C(O)c1cccc(Nc2nccc(Nc3c(Cl)ccc4c3OCO4)n2)c1. The summed E-state index contributed by atoms with van der Waals surface area (Å²) in [6, 6.07) is 16.6. The number of halogens is 3. The van der Waals surface area contributed by atoms with Crippen LogP contribution in [0.1, 0.15) is 10.4 Å². The molecule has 2 aliphatic rings. The summed E-state index contributed by atoms with van der Waals surface area (Å²) in [7, 11) is 0. The molecule has 0 bridgehead atoms. The molecule has 5 aromatic rings. The van der Waals surface area contributed by atoms with Crippen LogP contribution in [0.2, 0.25) is 15.3 Å². The highest BCUT2D eigenvalue weighted by molar-refractivity contribution is 6.34. The minimum absolute atomic E-state index is 0.126. The van der Waals surface area contributed by atoms with Gasteiger partial charge in [-0.25, -0.2) is 19.7 Å². The van der Waals surface area contributed by atoms with Gasteiger partial charge < -0.3 is 40.0 Å². The highest BCUT2D eigenvalue weighted by Gasteiger charge is 2.22. The molecule has 0 spiro atoms. The largest absolute Gasteiger partial charge is 0.478 e. The third-order valence-corrected chi connectivity index (χ3v) is 6.94. The lowest BCUT2D eigenvalue weighted by Crippen LogP contribution is -2.02. The number of aromatic nitrogens is 4. The Kier molecular flexibility index (Phi) is 8.73. The number of nitrogens with zero attached hydrogens (tertiary/aromatic N) is 4. The number of aromatic carboxylic acids is 1. The fourth-order valence-corrected chi connectivity index (χ4v) is 4.68. The molecule has 0 unspecified atom stereocenters. The molecule has 4 heterocycles. The summed E-state index contributed by atoms with van der Waals surface area (Å²) in [6.07, 6.45) is 3.11. The van der Waals surface area contributed by atoms with Crippen LogP contribution in [0.5, 0.6) is 23.0 Å². The van der Waals surface area contributed by atoms with E-state index in [1.54, 1.807) is 60.9 Å². The van der Waals surface area contributed by atoms with Crippen molar-refractivity contribution in [3.05, 3.63) is 93.9 Å². The molecule has 13 nitrogen and oxygen atoms in total. The van der Waals surface area contributed by atoms with Crippen molar-refractivity contribution in [3.63, 3.8) is 0 Å². The molecule has 2 aliphatic heterocycles. The van der Waals surface area contributed by atoms with Crippen molar-refractivity contribution < 1.29 is 28.8 Å². The van der Waals surface area contributed by atoms with Gasteiger partial charge in [-0.1, -0.05) is 29.3 Å². The summed E-state index contributed by atoms with van der Waals surface area (Å²) >= 11 is 18.1. The fourth-order valence-electron chi connectivity index (χ4n) is 4.14. The van der Waals surface area contributed by atoms with E-state index < -0.39 is 5.97 Å². The second-order valence-corrected chi connectivity index (χ2v) is 10.2. The zero-order valence-electron chi connectivity index (χ0n) is 22.8. The Balaban J connectivity index is 0.000000172. The van der Waals surface area contributed by atoms with Crippen LogP contribution >= 0.6 is 34.8 Å². The second-order valence-electron chi connectivity index (χ2n) is 9.05. The predicted molar refractivity (Wildman–Crippen MR) is 167 cm³/mol. The molecule has 0 aliphatic carbocycles. The van der Waals surface area contributed by atoms with Gasteiger partial charge >= 0.3 is 5.97 Å². The van der Waals surface area contributed by atoms with E-state index in [0.29, 0.717) is 67.7 Å². The monoisotopic (exact) mass is 667 g/mol. The lowest BCUT2D eigenvalue weighted by Gasteiger charge is -2.12. The Labute approximate surface area is 270 Å². The molecule has 2 aromatic heterocycles. The average molecular weight is 669 g/mol. The highest BCUT2D eigenvalue weighted by atomic mass is 35.5. The molecule has 7 rings (SSSR count). The van der Waals surface area contributed by atoms with E-state index >= 15 is 0 Å². The van der Waals surface area contributed by atoms with Gasteiger partial charge in [0.15, 0.2) is 23.0 Å². The first kappa shape index (κ1) is 29.8. The molecule has 228 valence electrons. The van der Waals surface area contributed by atoms with Crippen molar-refractivity contribution in [1.82, 2.24) is 19.9 Å². The minimum Gasteiger partial charge on any atom is -0.478 e. The standard InChI is InChI=1S/C18H13ClN4O4.C11H7Cl2N3O2/c19-12-4-5-13-16(27-9-26-13)15(12)22-14-6-7-20-18(23-14)21-11-3-1-2-10(8-11)17(24)25;12-6-1-2-7-10(18-5-17-7)9(6)15-8-3-4-14-11(13)16-8/h1-8H,9H2,(H,24,25)(H2,20,21,22,23);1-4H,5H2,(H,14,15,16). The van der Waals surface area contributed by atoms with Crippen LogP contribution in [-0.2, 0) is 0 Å². The van der Waals surface area contributed by atoms with Gasteiger partial charge in [-0.3, -0.25) is 0 Å². The van der Waals surface area contributed by atoms with E-state index in [4.69, 9.17) is 58.9 Å². The number of anilines is 6. The highest BCUT2D eigenvalue weighted by Crippen LogP contribution is 2.45. The van der Waals surface area contributed by atoms with Crippen molar-refractivity contribution in [2.45, 2.75) is 0 Å². The van der Waals surface area contributed by atoms with Crippen molar-refractivity contribution in [2.24, 2.45) is 0 Å². The summed E-state index contributed by atoms with van der Waals surface area (Å²) in [5.74, 6) is 2.62. The first-order valence-electron chi connectivity index (χ1n) is 13.0. The van der Waals surface area contributed by atoms with Crippen LogP contribution in [0.25, 0.3) is 0 Å². The number of ether oxygens (including phenoxy) is 4. The Bertz CT molecular complexity index is 1900. The maximum absolute atomic E-state index is 11.1. The first-order valence-corrected chi connectivity index (χ1v) is 14.1. The van der Waals surface area contributed by atoms with E-state index in [9.17, 15) is 4.79 Å². The van der Waals surface area contributed by atoms with Crippen LogP contribution in [0.4, 0.5) is 34.6 Å². The number of carboxylic acids is 1. The smallest absolute Gasteiger partial charge is 0.335 e. The van der Waals surface area contributed by atoms with E-state index in [2.05, 4.69) is 35.9 Å². The normalized spacial score (nSPS) is 12.2. The average Bonchev–Trinajstić information content (AvgIpc) is 3.71. The molecule has 3 aromatic carbocycles. The van der Waals surface area contributed by atoms with E-state index in [1.165, 1.54) is 12.1 Å². The zero-order chi connectivity index (χ0) is 31.3. The molecule has 0 atom stereocenters. The fraction of sp³-hybridized carbons (Fsp3) is 0.0690. The van der Waals surface area contributed by atoms with Gasteiger partial charge in [0.1, 0.15) is 23.0 Å². The number of carboxylic acid groups (broad SMARTS) is 1. The second kappa shape index (κ2) is 13.2. The van der Waals surface area contributed by atoms with Gasteiger partial charge in [-0.05, 0) is 66.2 Å². The van der Waals surface area contributed by atoms with Crippen molar-refractivity contribution in [2.75, 3.05) is 29.5 Å². The summed E-state index contributed by atoms with van der Waals surface area (Å²) in [5.41, 5.74) is 1.87. The zero-order valence-corrected chi connectivity index (χ0v) is 25.0. The molecule has 0 radical (unpaired) electrons. The Morgan fingerprint density at radius 1 is 0.711 bits per heavy atom. The summed E-state index contributed by atoms with van der Waals surface area (Å²) < 4.78 is 21.5. The summed E-state index contributed by atoms with van der Waals surface area (Å²) in [5, 5.41) is 19.3. The molecule has 0 amide bonds. The molecule has 16 heteroatoms. The van der Waals surface area contributed by atoms with E-state index in [1.807, 2.05) is 0 Å². The Morgan fingerprint density at radius 2 is 1.31 bits per heavy atom. The van der Waals surface area contributed by atoms with Gasteiger partial charge in [0.2, 0.25) is 24.8 Å². The maximum Gasteiger partial charge on any atom is 0.335 e. The number of fused-ring (bicyclic) bond motifs is 2. The molecule has 0 fully saturated rings. The number of hydrogen-bond acceptors (Lipinski definition) is 12. The van der Waals surface area contributed by atoms with Gasteiger partial charge in [0.25, 0.3) is 0 Å². The van der Waals surface area contributed by atoms with Crippen LogP contribution in [0.3, 0.4) is 0 Å². The van der Waals surface area contributed by atoms with Gasteiger partial charge in [-0.2, -0.15) is 4.98 Å². The number of rotatable bonds is 7. The topological polar surface area (TPSA) is 162 Å². The van der Waals surface area contributed by atoms with Crippen LogP contribution in [-0.4, -0.2) is 44.6 Å². The predicted octanol–water partition coefficient (Wildman–Crippen LogP) is 7.30. The molecule has 45 heavy (non-hydrogen) atoms. The summed E-state index contributed by atoms with van der Waals surface area (Å²) in [4.78, 5) is 27.4. The van der Waals surface area contributed by atoms with Gasteiger partial charge in [0.05, 0.1) is 15.6 Å². The van der Waals surface area contributed by atoms with E-state index in [0.717, 1.165) is 0 Å². The van der Waals surface area contributed by atoms with Gasteiger partial charge in [0, 0.05) is 18.1 Å². The van der Waals surface area contributed by atoms with Crippen LogP contribution in [0, 0.1) is 0 Å². The lowest BCUT2D eigenvalue weighted by atomic mass is 10.2.